The molecule has 136 valence electrons. The normalized spacial score (nSPS) is 9.96. The number of rotatable bonds is 3. The van der Waals surface area contributed by atoms with Crippen molar-refractivity contribution in [2.24, 2.45) is 0 Å². The number of nitrogens with zero attached hydrogens (tertiary/aromatic N) is 3. The fourth-order valence-electron chi connectivity index (χ4n) is 3.04. The zero-order valence-corrected chi connectivity index (χ0v) is 15.6. The third kappa shape index (κ3) is 3.57. The van der Waals surface area contributed by atoms with Crippen molar-refractivity contribution < 1.29 is 0 Å². The van der Waals surface area contributed by atoms with Gasteiger partial charge in [-0.15, -0.1) is 12.4 Å². The van der Waals surface area contributed by atoms with Gasteiger partial charge in [-0.25, -0.2) is 0 Å². The number of aromatic nitrogens is 2. The number of halogens is 1. The van der Waals surface area contributed by atoms with Crippen LogP contribution in [0.25, 0.3) is 28.1 Å². The first kappa shape index (κ1) is 19.1. The molecule has 0 bridgehead atoms. The third-order valence-corrected chi connectivity index (χ3v) is 4.35. The highest BCUT2D eigenvalue weighted by atomic mass is 35.5. The van der Waals surface area contributed by atoms with Crippen molar-refractivity contribution in [1.29, 1.82) is 5.26 Å². The molecule has 0 aliphatic rings. The first-order valence-electron chi connectivity index (χ1n) is 8.51. The van der Waals surface area contributed by atoms with Crippen LogP contribution in [-0.2, 0) is 0 Å². The second-order valence-electron chi connectivity index (χ2n) is 6.03. The van der Waals surface area contributed by atoms with Crippen LogP contribution in [0.15, 0.2) is 96.1 Å². The summed E-state index contributed by atoms with van der Waals surface area (Å²) in [5.41, 5.74) is 3.71. The molecule has 0 aliphatic carbocycles. The molecule has 0 unspecified atom stereocenters. The van der Waals surface area contributed by atoms with Crippen LogP contribution >= 0.6 is 12.4 Å². The minimum Gasteiger partial charge on any atom is -0.283 e. The Morgan fingerprint density at radius 2 is 1.57 bits per heavy atom. The Kier molecular flexibility index (Phi) is 5.69. The molecule has 2 heterocycles. The highest BCUT2D eigenvalue weighted by Crippen LogP contribution is 2.26. The summed E-state index contributed by atoms with van der Waals surface area (Å²) in [6, 6.07) is 26.2. The van der Waals surface area contributed by atoms with Gasteiger partial charge in [0.05, 0.1) is 17.3 Å². The van der Waals surface area contributed by atoms with Gasteiger partial charge in [-0.2, -0.15) is 5.26 Å². The maximum atomic E-state index is 13.3. The number of para-hydroxylation sites is 1. The second kappa shape index (κ2) is 8.34. The van der Waals surface area contributed by atoms with Crippen LogP contribution in [0.4, 0.5) is 0 Å². The molecule has 0 radical (unpaired) electrons. The summed E-state index contributed by atoms with van der Waals surface area (Å²) in [5, 5.41) is 9.47. The van der Waals surface area contributed by atoms with E-state index < -0.39 is 0 Å². The lowest BCUT2D eigenvalue weighted by atomic mass is 9.99. The van der Waals surface area contributed by atoms with Crippen LogP contribution < -0.4 is 5.56 Å². The lowest BCUT2D eigenvalue weighted by molar-refractivity contribution is 0.993. The minimum absolute atomic E-state index is 0. The molecular formula is C23H16ClN3O. The van der Waals surface area contributed by atoms with E-state index in [1.807, 2.05) is 54.6 Å². The van der Waals surface area contributed by atoms with E-state index in [1.54, 1.807) is 41.2 Å². The van der Waals surface area contributed by atoms with Crippen LogP contribution in [0.2, 0.25) is 0 Å². The van der Waals surface area contributed by atoms with Gasteiger partial charge in [-0.3, -0.25) is 14.3 Å². The molecule has 5 heteroatoms. The number of pyridine rings is 2. The van der Waals surface area contributed by atoms with Gasteiger partial charge in [-0.05, 0) is 36.4 Å². The quantitative estimate of drug-likeness (QED) is 0.506. The number of hydrogen-bond acceptors (Lipinski definition) is 3. The van der Waals surface area contributed by atoms with E-state index in [1.165, 1.54) is 0 Å². The van der Waals surface area contributed by atoms with Crippen LogP contribution in [0.5, 0.6) is 0 Å². The monoisotopic (exact) mass is 385 g/mol. The molecule has 0 saturated carbocycles. The molecule has 4 aromatic rings. The van der Waals surface area contributed by atoms with Crippen molar-refractivity contribution in [1.82, 2.24) is 9.55 Å². The standard InChI is InChI=1S/C23H15N3O.ClH/c24-15-17-8-4-5-11-20(17)21-14-18(22-12-6-7-13-25-22)16-26(23(21)27)19-9-2-1-3-10-19;/h1-14,16H;1H. The van der Waals surface area contributed by atoms with E-state index in [0.29, 0.717) is 16.7 Å². The van der Waals surface area contributed by atoms with Gasteiger partial charge in [-0.1, -0.05) is 42.5 Å². The highest BCUT2D eigenvalue weighted by Gasteiger charge is 2.14. The van der Waals surface area contributed by atoms with Crippen LogP contribution in [-0.4, -0.2) is 9.55 Å². The van der Waals surface area contributed by atoms with Crippen LogP contribution in [0, 0.1) is 11.3 Å². The maximum Gasteiger partial charge on any atom is 0.263 e. The Morgan fingerprint density at radius 3 is 2.29 bits per heavy atom. The van der Waals surface area contributed by atoms with Crippen molar-refractivity contribution >= 4 is 12.4 Å². The fraction of sp³-hybridized carbons (Fsp3) is 0. The van der Waals surface area contributed by atoms with Crippen molar-refractivity contribution in [3.63, 3.8) is 0 Å². The summed E-state index contributed by atoms with van der Waals surface area (Å²) in [6.07, 6.45) is 3.51. The highest BCUT2D eigenvalue weighted by molar-refractivity contribution is 5.85. The Morgan fingerprint density at radius 1 is 0.857 bits per heavy atom. The SMILES string of the molecule is Cl.N#Cc1ccccc1-c1cc(-c2ccccn2)cn(-c2ccccc2)c1=O. The predicted molar refractivity (Wildman–Crippen MR) is 113 cm³/mol. The van der Waals surface area contributed by atoms with Crippen molar-refractivity contribution in [3.8, 4) is 34.1 Å². The molecule has 0 aliphatic heterocycles. The molecule has 28 heavy (non-hydrogen) atoms. The average Bonchev–Trinajstić information content (AvgIpc) is 2.75. The van der Waals surface area contributed by atoms with Gasteiger partial charge in [0.1, 0.15) is 0 Å². The number of benzene rings is 2. The molecule has 0 amide bonds. The molecule has 0 fully saturated rings. The van der Waals surface area contributed by atoms with E-state index >= 15 is 0 Å². The van der Waals surface area contributed by atoms with Crippen LogP contribution in [0.1, 0.15) is 5.56 Å². The summed E-state index contributed by atoms with van der Waals surface area (Å²) in [5.74, 6) is 0. The Labute approximate surface area is 168 Å². The zero-order valence-electron chi connectivity index (χ0n) is 14.8. The molecule has 0 atom stereocenters. The molecule has 0 spiro atoms. The van der Waals surface area contributed by atoms with E-state index in [9.17, 15) is 10.1 Å². The second-order valence-corrected chi connectivity index (χ2v) is 6.03. The Hall–Kier alpha value is -3.68. The van der Waals surface area contributed by atoms with E-state index in [4.69, 9.17) is 0 Å². The van der Waals surface area contributed by atoms with Gasteiger partial charge in [0.15, 0.2) is 0 Å². The van der Waals surface area contributed by atoms with Gasteiger partial charge in [0.2, 0.25) is 0 Å². The Bertz CT molecular complexity index is 1200. The van der Waals surface area contributed by atoms with Gasteiger partial charge >= 0.3 is 0 Å². The third-order valence-electron chi connectivity index (χ3n) is 4.35. The van der Waals surface area contributed by atoms with Gasteiger partial charge in [0.25, 0.3) is 5.56 Å². The molecule has 2 aromatic heterocycles. The largest absolute Gasteiger partial charge is 0.283 e. The topological polar surface area (TPSA) is 58.7 Å². The zero-order chi connectivity index (χ0) is 18.6. The van der Waals surface area contributed by atoms with Gasteiger partial charge < -0.3 is 0 Å². The molecule has 0 N–H and O–H groups in total. The lowest BCUT2D eigenvalue weighted by Crippen LogP contribution is -2.20. The van der Waals surface area contributed by atoms with Gasteiger partial charge in [0, 0.05) is 34.8 Å². The number of nitriles is 1. The predicted octanol–water partition coefficient (Wildman–Crippen LogP) is 4.86. The summed E-state index contributed by atoms with van der Waals surface area (Å²) in [6.45, 7) is 0. The maximum absolute atomic E-state index is 13.3. The fourth-order valence-corrected chi connectivity index (χ4v) is 3.04. The smallest absolute Gasteiger partial charge is 0.263 e. The molecular weight excluding hydrogens is 370 g/mol. The summed E-state index contributed by atoms with van der Waals surface area (Å²) in [7, 11) is 0. The van der Waals surface area contributed by atoms with E-state index in [0.717, 1.165) is 16.9 Å². The molecule has 2 aromatic carbocycles. The molecule has 4 rings (SSSR count). The van der Waals surface area contributed by atoms with E-state index in [-0.39, 0.29) is 18.0 Å². The van der Waals surface area contributed by atoms with Crippen LogP contribution in [0.3, 0.4) is 0 Å². The molecule has 4 nitrogen and oxygen atoms in total. The first-order chi connectivity index (χ1) is 13.3. The van der Waals surface area contributed by atoms with E-state index in [2.05, 4.69) is 11.1 Å². The lowest BCUT2D eigenvalue weighted by Gasteiger charge is -2.13. The summed E-state index contributed by atoms with van der Waals surface area (Å²) in [4.78, 5) is 17.7. The first-order valence-corrected chi connectivity index (χ1v) is 8.51. The summed E-state index contributed by atoms with van der Waals surface area (Å²) < 4.78 is 1.60. The average molecular weight is 386 g/mol. The summed E-state index contributed by atoms with van der Waals surface area (Å²) >= 11 is 0. The molecule has 0 saturated heterocycles. The van der Waals surface area contributed by atoms with Crippen molar-refractivity contribution in [2.75, 3.05) is 0 Å². The van der Waals surface area contributed by atoms with Crippen molar-refractivity contribution in [3.05, 3.63) is 107 Å². The minimum atomic E-state index is -0.177. The number of hydrogen-bond donors (Lipinski definition) is 0. The Balaban J connectivity index is 0.00000225. The van der Waals surface area contributed by atoms with Crippen molar-refractivity contribution in [2.45, 2.75) is 0 Å².